The lowest BCUT2D eigenvalue weighted by atomic mass is 10.2. The summed E-state index contributed by atoms with van der Waals surface area (Å²) < 4.78 is 0. The number of rotatable bonds is 6. The first-order valence-corrected chi connectivity index (χ1v) is 6.41. The van der Waals surface area contributed by atoms with Crippen molar-refractivity contribution >= 4 is 17.5 Å². The van der Waals surface area contributed by atoms with Gasteiger partial charge in [-0.2, -0.15) is 0 Å². The smallest absolute Gasteiger partial charge is 0.219 e. The molecule has 1 saturated carbocycles. The average Bonchev–Trinajstić information content (AvgIpc) is 3.14. The van der Waals surface area contributed by atoms with Gasteiger partial charge in [-0.1, -0.05) is 0 Å². The lowest BCUT2D eigenvalue weighted by molar-refractivity contribution is -0.118. The molecule has 1 aliphatic rings. The fourth-order valence-electron chi connectivity index (χ4n) is 1.93. The Kier molecular flexibility index (Phi) is 3.84. The van der Waals surface area contributed by atoms with Crippen LogP contribution in [0.4, 0.5) is 11.6 Å². The Hall–Kier alpha value is -1.89. The number of nitrogens with two attached hydrogens (primary N) is 2. The zero-order valence-electron chi connectivity index (χ0n) is 11.2. The van der Waals surface area contributed by atoms with E-state index in [9.17, 15) is 4.79 Å². The second-order valence-electron chi connectivity index (χ2n) is 5.04. The zero-order chi connectivity index (χ0) is 14.0. The van der Waals surface area contributed by atoms with Gasteiger partial charge in [-0.05, 0) is 26.7 Å². The molecule has 1 amide bonds. The van der Waals surface area contributed by atoms with Crippen molar-refractivity contribution in [1.82, 2.24) is 9.97 Å². The minimum atomic E-state index is -0.341. The van der Waals surface area contributed by atoms with E-state index in [1.807, 2.05) is 13.8 Å². The maximum absolute atomic E-state index is 10.9. The van der Waals surface area contributed by atoms with Gasteiger partial charge in [0.2, 0.25) is 5.91 Å². The number of aromatic nitrogens is 2. The topological polar surface area (TPSA) is 119 Å². The first-order valence-electron chi connectivity index (χ1n) is 6.41. The van der Waals surface area contributed by atoms with Crippen LogP contribution in [0.2, 0.25) is 0 Å². The summed E-state index contributed by atoms with van der Waals surface area (Å²) in [5, 5.41) is 3.19. The van der Waals surface area contributed by atoms with Gasteiger partial charge in [0.15, 0.2) is 0 Å². The van der Waals surface area contributed by atoms with Crippen LogP contribution in [0.5, 0.6) is 0 Å². The molecular weight excluding hydrogens is 244 g/mol. The Bertz CT molecular complexity index is 485. The van der Waals surface area contributed by atoms with Gasteiger partial charge in [-0.25, -0.2) is 15.8 Å². The molecule has 2 rings (SSSR count). The summed E-state index contributed by atoms with van der Waals surface area (Å²) in [5.74, 6) is 7.69. The van der Waals surface area contributed by atoms with E-state index >= 15 is 0 Å². The number of nitrogen functional groups attached to an aromatic ring is 1. The Morgan fingerprint density at radius 3 is 2.58 bits per heavy atom. The molecule has 1 aromatic heterocycles. The number of hydrogen-bond acceptors (Lipinski definition) is 6. The van der Waals surface area contributed by atoms with Crippen molar-refractivity contribution in [2.45, 2.75) is 45.1 Å². The Labute approximate surface area is 112 Å². The zero-order valence-corrected chi connectivity index (χ0v) is 11.2. The van der Waals surface area contributed by atoms with Crippen molar-refractivity contribution in [3.8, 4) is 0 Å². The first kappa shape index (κ1) is 13.5. The molecule has 1 unspecified atom stereocenters. The number of hydrazine groups is 1. The van der Waals surface area contributed by atoms with Crippen LogP contribution >= 0.6 is 0 Å². The second kappa shape index (κ2) is 5.40. The molecule has 0 radical (unpaired) electrons. The highest BCUT2D eigenvalue weighted by Crippen LogP contribution is 2.39. The normalized spacial score (nSPS) is 15.9. The molecule has 0 spiro atoms. The summed E-state index contributed by atoms with van der Waals surface area (Å²) in [4.78, 5) is 19.8. The molecule has 1 heterocycles. The van der Waals surface area contributed by atoms with Crippen molar-refractivity contribution in [2.75, 3.05) is 10.7 Å². The van der Waals surface area contributed by atoms with Gasteiger partial charge in [0.25, 0.3) is 0 Å². The van der Waals surface area contributed by atoms with Crippen molar-refractivity contribution in [3.63, 3.8) is 0 Å². The van der Waals surface area contributed by atoms with Crippen molar-refractivity contribution in [2.24, 2.45) is 11.6 Å². The molecule has 7 heteroatoms. The van der Waals surface area contributed by atoms with Crippen molar-refractivity contribution in [1.29, 1.82) is 0 Å². The summed E-state index contributed by atoms with van der Waals surface area (Å²) in [5.41, 5.74) is 8.61. The van der Waals surface area contributed by atoms with Gasteiger partial charge >= 0.3 is 0 Å². The molecule has 1 aliphatic carbocycles. The number of hydrogen-bond donors (Lipinski definition) is 4. The minimum absolute atomic E-state index is 0.0798. The molecule has 6 N–H and O–H groups in total. The van der Waals surface area contributed by atoms with Gasteiger partial charge in [0.1, 0.15) is 17.5 Å². The van der Waals surface area contributed by atoms with E-state index in [0.717, 1.165) is 24.2 Å². The van der Waals surface area contributed by atoms with Gasteiger partial charge < -0.3 is 16.5 Å². The largest absolute Gasteiger partial charge is 0.370 e. The third-order valence-corrected chi connectivity index (χ3v) is 3.13. The molecule has 0 saturated heterocycles. The van der Waals surface area contributed by atoms with Crippen LogP contribution in [0, 0.1) is 6.92 Å². The van der Waals surface area contributed by atoms with E-state index in [-0.39, 0.29) is 18.4 Å². The minimum Gasteiger partial charge on any atom is -0.370 e. The van der Waals surface area contributed by atoms with Crippen LogP contribution in [0.15, 0.2) is 0 Å². The summed E-state index contributed by atoms with van der Waals surface area (Å²) in [6.45, 7) is 3.77. The molecular formula is C12H20N6O. The number of primary amides is 1. The quantitative estimate of drug-likeness (QED) is 0.442. The summed E-state index contributed by atoms with van der Waals surface area (Å²) in [6.07, 6.45) is 2.49. The van der Waals surface area contributed by atoms with Crippen LogP contribution in [-0.2, 0) is 4.79 Å². The number of anilines is 2. The SMILES string of the molecule is Cc1c(NN)nc(C2CC2)nc1NC(C)CC(N)=O. The molecule has 19 heavy (non-hydrogen) atoms. The molecule has 1 fully saturated rings. The molecule has 0 aliphatic heterocycles. The van der Waals surface area contributed by atoms with Gasteiger partial charge in [-0.3, -0.25) is 4.79 Å². The number of nitrogens with one attached hydrogen (secondary N) is 2. The van der Waals surface area contributed by atoms with Crippen LogP contribution in [-0.4, -0.2) is 21.9 Å². The molecule has 7 nitrogen and oxygen atoms in total. The fourth-order valence-corrected chi connectivity index (χ4v) is 1.93. The highest BCUT2D eigenvalue weighted by atomic mass is 16.1. The highest BCUT2D eigenvalue weighted by Gasteiger charge is 2.28. The third-order valence-electron chi connectivity index (χ3n) is 3.13. The van der Waals surface area contributed by atoms with Gasteiger partial charge in [0, 0.05) is 23.9 Å². The standard InChI is InChI=1S/C12H20N6O/c1-6(5-9(13)19)15-10-7(2)11(18-14)17-12(16-10)8-3-4-8/h6,8H,3-5,14H2,1-2H3,(H2,13,19)(H2,15,16,17,18). The summed E-state index contributed by atoms with van der Waals surface area (Å²) >= 11 is 0. The van der Waals surface area contributed by atoms with Crippen LogP contribution in [0.3, 0.4) is 0 Å². The van der Waals surface area contributed by atoms with E-state index < -0.39 is 0 Å². The number of carbonyl (C=O) groups excluding carboxylic acids is 1. The van der Waals surface area contributed by atoms with Gasteiger partial charge in [-0.15, -0.1) is 0 Å². The maximum Gasteiger partial charge on any atom is 0.219 e. The molecule has 0 bridgehead atoms. The van der Waals surface area contributed by atoms with Gasteiger partial charge in [0.05, 0.1) is 0 Å². The number of amides is 1. The van der Waals surface area contributed by atoms with Crippen LogP contribution < -0.4 is 22.3 Å². The first-order chi connectivity index (χ1) is 9.01. The fraction of sp³-hybridized carbons (Fsp3) is 0.583. The van der Waals surface area contributed by atoms with Crippen LogP contribution in [0.1, 0.15) is 43.5 Å². The monoisotopic (exact) mass is 264 g/mol. The Morgan fingerprint density at radius 1 is 1.42 bits per heavy atom. The predicted molar refractivity (Wildman–Crippen MR) is 73.5 cm³/mol. The molecule has 1 atom stereocenters. The van der Waals surface area contributed by atoms with Crippen molar-refractivity contribution in [3.05, 3.63) is 11.4 Å². The number of carbonyl (C=O) groups is 1. The Balaban J connectivity index is 2.22. The number of nitrogens with zero attached hydrogens (tertiary/aromatic N) is 2. The van der Waals surface area contributed by atoms with E-state index in [2.05, 4.69) is 20.7 Å². The predicted octanol–water partition coefficient (Wildman–Crippen LogP) is 0.624. The van der Waals surface area contributed by atoms with E-state index in [0.29, 0.717) is 17.6 Å². The maximum atomic E-state index is 10.9. The highest BCUT2D eigenvalue weighted by molar-refractivity contribution is 5.75. The molecule has 104 valence electrons. The van der Waals surface area contributed by atoms with E-state index in [1.54, 1.807) is 0 Å². The van der Waals surface area contributed by atoms with Crippen LogP contribution in [0.25, 0.3) is 0 Å². The Morgan fingerprint density at radius 2 is 2.05 bits per heavy atom. The molecule has 0 aromatic carbocycles. The average molecular weight is 264 g/mol. The lowest BCUT2D eigenvalue weighted by Gasteiger charge is -2.17. The summed E-state index contributed by atoms with van der Waals surface area (Å²) in [6, 6.07) is -0.0798. The van der Waals surface area contributed by atoms with E-state index in [4.69, 9.17) is 11.6 Å². The molecule has 1 aromatic rings. The van der Waals surface area contributed by atoms with E-state index in [1.165, 1.54) is 0 Å². The second-order valence-corrected chi connectivity index (χ2v) is 5.04. The lowest BCUT2D eigenvalue weighted by Crippen LogP contribution is -2.25. The third kappa shape index (κ3) is 3.31. The summed E-state index contributed by atoms with van der Waals surface area (Å²) in [7, 11) is 0. The van der Waals surface area contributed by atoms with Crippen molar-refractivity contribution < 1.29 is 4.79 Å².